The molecule has 2 aliphatic heterocycles. The Balaban J connectivity index is 1.54. The van der Waals surface area contributed by atoms with E-state index < -0.39 is 6.10 Å². The summed E-state index contributed by atoms with van der Waals surface area (Å²) in [5, 5.41) is 17.6. The SMILES string of the molecule is CNC[C@@H](O)COc1ccc(Cl)c(-c2nc(-c3c(C)noc3C)c(C)c(N3CC(N)=C(C=NC4COC4)C3)n2)c1. The van der Waals surface area contributed by atoms with Crippen molar-refractivity contribution in [2.45, 2.75) is 32.9 Å². The van der Waals surface area contributed by atoms with Gasteiger partial charge in [0.1, 0.15) is 30.0 Å². The number of aliphatic hydroxyl groups is 1. The molecule has 0 unspecified atom stereocenters. The number of aliphatic hydroxyl groups excluding tert-OH is 1. The van der Waals surface area contributed by atoms with E-state index in [2.05, 4.69) is 20.4 Å². The van der Waals surface area contributed by atoms with Crippen LogP contribution in [0.1, 0.15) is 17.0 Å². The summed E-state index contributed by atoms with van der Waals surface area (Å²) in [4.78, 5) is 16.7. The number of nitrogens with zero attached hydrogens (tertiary/aromatic N) is 5. The second kappa shape index (κ2) is 11.9. The van der Waals surface area contributed by atoms with Gasteiger partial charge in [0.2, 0.25) is 0 Å². The molecule has 2 aliphatic rings. The molecule has 1 saturated heterocycles. The Morgan fingerprint density at radius 3 is 2.75 bits per heavy atom. The zero-order valence-corrected chi connectivity index (χ0v) is 23.8. The van der Waals surface area contributed by atoms with Gasteiger partial charge in [0.25, 0.3) is 0 Å². The molecule has 0 bridgehead atoms. The van der Waals surface area contributed by atoms with E-state index >= 15 is 0 Å². The minimum atomic E-state index is -0.653. The summed E-state index contributed by atoms with van der Waals surface area (Å²) in [5.41, 5.74) is 11.9. The van der Waals surface area contributed by atoms with E-state index in [4.69, 9.17) is 41.3 Å². The van der Waals surface area contributed by atoms with Crippen LogP contribution < -0.4 is 20.7 Å². The maximum atomic E-state index is 10.1. The molecule has 1 fully saturated rings. The highest BCUT2D eigenvalue weighted by Gasteiger charge is 2.27. The minimum absolute atomic E-state index is 0.127. The first kappa shape index (κ1) is 28.0. The molecule has 40 heavy (non-hydrogen) atoms. The average Bonchev–Trinajstić information content (AvgIpc) is 3.43. The van der Waals surface area contributed by atoms with Gasteiger partial charge in [-0.1, -0.05) is 16.8 Å². The lowest BCUT2D eigenvalue weighted by Crippen LogP contribution is -2.31. The second-order valence-corrected chi connectivity index (χ2v) is 10.5. The van der Waals surface area contributed by atoms with E-state index in [0.29, 0.717) is 66.5 Å². The number of benzene rings is 1. The monoisotopic (exact) mass is 567 g/mol. The van der Waals surface area contributed by atoms with E-state index in [1.165, 1.54) is 0 Å². The predicted octanol–water partition coefficient (Wildman–Crippen LogP) is 2.84. The van der Waals surface area contributed by atoms with Crippen molar-refractivity contribution in [3.05, 3.63) is 51.5 Å². The average molecular weight is 568 g/mol. The van der Waals surface area contributed by atoms with Crippen LogP contribution in [0.2, 0.25) is 5.02 Å². The zero-order chi connectivity index (χ0) is 28.4. The lowest BCUT2D eigenvalue weighted by atomic mass is 10.0. The maximum absolute atomic E-state index is 10.1. The third-order valence-electron chi connectivity index (χ3n) is 6.95. The number of rotatable bonds is 10. The Morgan fingerprint density at radius 1 is 1.27 bits per heavy atom. The van der Waals surface area contributed by atoms with Crippen LogP contribution in [0, 0.1) is 20.8 Å². The summed E-state index contributed by atoms with van der Waals surface area (Å²) in [6, 6.07) is 5.47. The van der Waals surface area contributed by atoms with Crippen LogP contribution in [0.5, 0.6) is 5.75 Å². The van der Waals surface area contributed by atoms with E-state index in [1.54, 1.807) is 25.2 Å². The third-order valence-corrected chi connectivity index (χ3v) is 7.28. The molecule has 3 aromatic rings. The molecular formula is C28H34ClN7O4. The number of nitrogens with one attached hydrogen (secondary N) is 1. The van der Waals surface area contributed by atoms with Crippen LogP contribution >= 0.6 is 11.6 Å². The molecule has 1 aromatic carbocycles. The van der Waals surface area contributed by atoms with Crippen molar-refractivity contribution in [2.24, 2.45) is 10.7 Å². The fraction of sp³-hybridized carbons (Fsp3) is 0.429. The van der Waals surface area contributed by atoms with Crippen LogP contribution in [0.3, 0.4) is 0 Å². The molecule has 0 spiro atoms. The summed E-state index contributed by atoms with van der Waals surface area (Å²) >= 11 is 6.68. The summed E-state index contributed by atoms with van der Waals surface area (Å²) in [6.45, 7) is 8.62. The molecule has 4 N–H and O–H groups in total. The van der Waals surface area contributed by atoms with Gasteiger partial charge in [-0.05, 0) is 46.0 Å². The summed E-state index contributed by atoms with van der Waals surface area (Å²) in [5.74, 6) is 2.36. The summed E-state index contributed by atoms with van der Waals surface area (Å²) in [6.07, 6.45) is 1.20. The number of anilines is 1. The molecule has 11 nitrogen and oxygen atoms in total. The lowest BCUT2D eigenvalue weighted by Gasteiger charge is -2.23. The molecule has 12 heteroatoms. The molecule has 4 heterocycles. The molecule has 0 amide bonds. The van der Waals surface area contributed by atoms with E-state index in [1.807, 2.05) is 27.0 Å². The van der Waals surface area contributed by atoms with Crippen LogP contribution in [-0.4, -0.2) is 85.1 Å². The zero-order valence-electron chi connectivity index (χ0n) is 23.1. The number of hydrogen-bond donors (Lipinski definition) is 3. The van der Waals surface area contributed by atoms with Crippen molar-refractivity contribution in [2.75, 3.05) is 51.4 Å². The normalized spacial score (nSPS) is 16.7. The van der Waals surface area contributed by atoms with Gasteiger partial charge >= 0.3 is 0 Å². The van der Waals surface area contributed by atoms with Crippen molar-refractivity contribution in [3.8, 4) is 28.4 Å². The number of likely N-dealkylation sites (N-methyl/N-ethyl adjacent to an activating group) is 1. The Bertz CT molecular complexity index is 1430. The Morgan fingerprint density at radius 2 is 2.08 bits per heavy atom. The molecule has 0 aliphatic carbocycles. The number of aromatic nitrogens is 3. The van der Waals surface area contributed by atoms with E-state index in [9.17, 15) is 5.11 Å². The van der Waals surface area contributed by atoms with Crippen molar-refractivity contribution in [1.82, 2.24) is 20.4 Å². The van der Waals surface area contributed by atoms with Crippen LogP contribution in [0.4, 0.5) is 5.82 Å². The molecule has 5 rings (SSSR count). The van der Waals surface area contributed by atoms with Crippen molar-refractivity contribution in [3.63, 3.8) is 0 Å². The second-order valence-electron chi connectivity index (χ2n) is 10.1. The van der Waals surface area contributed by atoms with Crippen LogP contribution in [-0.2, 0) is 4.74 Å². The van der Waals surface area contributed by atoms with Gasteiger partial charge in [0.05, 0.1) is 47.8 Å². The number of ether oxygens (including phenoxy) is 2. The van der Waals surface area contributed by atoms with E-state index in [-0.39, 0.29) is 12.6 Å². The standard InChI is InChI=1S/C28H34ClN7O4/c1-15-26(25-16(2)35-40-17(25)3)33-27(22-7-21(5-6-23(22)29)39-14-20(37)9-31-4)34-28(15)36-10-18(24(30)11-36)8-32-19-12-38-13-19/h5-8,19-20,31,37H,9-14,30H2,1-4H3/t20-/m1/s1. The highest BCUT2D eigenvalue weighted by atomic mass is 35.5. The van der Waals surface area contributed by atoms with Gasteiger partial charge in [-0.3, -0.25) is 4.99 Å². The van der Waals surface area contributed by atoms with E-state index in [0.717, 1.165) is 33.9 Å². The smallest absolute Gasteiger partial charge is 0.163 e. The lowest BCUT2D eigenvalue weighted by molar-refractivity contribution is 0.0135. The van der Waals surface area contributed by atoms with Crippen molar-refractivity contribution >= 4 is 23.6 Å². The van der Waals surface area contributed by atoms with Crippen LogP contribution in [0.25, 0.3) is 22.6 Å². The molecular weight excluding hydrogens is 534 g/mol. The van der Waals surface area contributed by atoms with Gasteiger partial charge in [-0.15, -0.1) is 0 Å². The summed E-state index contributed by atoms with van der Waals surface area (Å²) in [7, 11) is 1.77. The van der Waals surface area contributed by atoms with Crippen molar-refractivity contribution < 1.29 is 19.1 Å². The number of aryl methyl sites for hydroxylation is 2. The molecule has 1 atom stereocenters. The first-order chi connectivity index (χ1) is 19.2. The Hall–Kier alpha value is -3.51. The fourth-order valence-corrected chi connectivity index (χ4v) is 4.90. The molecule has 0 saturated carbocycles. The minimum Gasteiger partial charge on any atom is -0.491 e. The first-order valence-electron chi connectivity index (χ1n) is 13.2. The molecule has 2 aromatic heterocycles. The van der Waals surface area contributed by atoms with Gasteiger partial charge in [-0.25, -0.2) is 9.97 Å². The van der Waals surface area contributed by atoms with Gasteiger partial charge in [0.15, 0.2) is 5.82 Å². The third kappa shape index (κ3) is 5.83. The highest BCUT2D eigenvalue weighted by molar-refractivity contribution is 6.33. The molecule has 212 valence electrons. The topological polar surface area (TPSA) is 144 Å². The number of hydrogen-bond acceptors (Lipinski definition) is 11. The number of halogens is 1. The van der Waals surface area contributed by atoms with Gasteiger partial charge in [0, 0.05) is 41.7 Å². The first-order valence-corrected chi connectivity index (χ1v) is 13.5. The summed E-state index contributed by atoms with van der Waals surface area (Å²) < 4.78 is 16.5. The number of aliphatic imine (C=N–C) groups is 1. The van der Waals surface area contributed by atoms with Crippen molar-refractivity contribution in [1.29, 1.82) is 0 Å². The Labute approximate surface area is 238 Å². The highest BCUT2D eigenvalue weighted by Crippen LogP contribution is 2.38. The molecule has 0 radical (unpaired) electrons. The predicted molar refractivity (Wildman–Crippen MR) is 154 cm³/mol. The Kier molecular flexibility index (Phi) is 8.36. The van der Waals surface area contributed by atoms with Gasteiger partial charge in [-0.2, -0.15) is 0 Å². The maximum Gasteiger partial charge on any atom is 0.163 e. The quantitative estimate of drug-likeness (QED) is 0.313. The fourth-order valence-electron chi connectivity index (χ4n) is 4.70. The number of nitrogens with two attached hydrogens (primary N) is 1. The largest absolute Gasteiger partial charge is 0.491 e. The van der Waals surface area contributed by atoms with Gasteiger partial charge < -0.3 is 35.1 Å². The van der Waals surface area contributed by atoms with Crippen LogP contribution in [0.15, 0.2) is 39.0 Å².